The summed E-state index contributed by atoms with van der Waals surface area (Å²) in [5.74, 6) is -1.23. The van der Waals surface area contributed by atoms with Gasteiger partial charge >= 0.3 is 5.97 Å². The highest BCUT2D eigenvalue weighted by Gasteiger charge is 2.19. The molecule has 1 aliphatic rings. The maximum absolute atomic E-state index is 11.2. The second-order valence-corrected chi connectivity index (χ2v) is 6.39. The molecule has 1 fully saturated rings. The summed E-state index contributed by atoms with van der Waals surface area (Å²) >= 11 is 0. The van der Waals surface area contributed by atoms with Crippen LogP contribution >= 0.6 is 0 Å². The van der Waals surface area contributed by atoms with Gasteiger partial charge in [-0.15, -0.1) is 0 Å². The highest BCUT2D eigenvalue weighted by molar-refractivity contribution is 7.85. The van der Waals surface area contributed by atoms with Crippen LogP contribution in [-0.2, 0) is 10.1 Å². The summed E-state index contributed by atoms with van der Waals surface area (Å²) in [7, 11) is -4.40. The van der Waals surface area contributed by atoms with E-state index in [1.54, 1.807) is 0 Å². The Morgan fingerprint density at radius 1 is 1.20 bits per heavy atom. The molecule has 0 heterocycles. The first-order valence-corrected chi connectivity index (χ1v) is 7.93. The first kappa shape index (κ1) is 14.8. The summed E-state index contributed by atoms with van der Waals surface area (Å²) in [5, 5.41) is 12.3. The van der Waals surface area contributed by atoms with E-state index in [1.165, 1.54) is 18.6 Å². The minimum atomic E-state index is -4.40. The molecule has 0 bridgehead atoms. The van der Waals surface area contributed by atoms with Crippen molar-refractivity contribution in [3.63, 3.8) is 0 Å². The van der Waals surface area contributed by atoms with Crippen molar-refractivity contribution in [1.29, 1.82) is 0 Å². The van der Waals surface area contributed by atoms with Gasteiger partial charge in [-0.25, -0.2) is 4.79 Å². The summed E-state index contributed by atoms with van der Waals surface area (Å²) in [6.45, 7) is 0. The second-order valence-electron chi connectivity index (χ2n) is 4.97. The summed E-state index contributed by atoms with van der Waals surface area (Å²) in [5.41, 5.74) is 0.238. The molecule has 20 heavy (non-hydrogen) atoms. The van der Waals surface area contributed by atoms with Crippen LogP contribution in [0.1, 0.15) is 42.5 Å². The second kappa shape index (κ2) is 5.80. The average Bonchev–Trinajstić information content (AvgIpc) is 2.38. The van der Waals surface area contributed by atoms with Gasteiger partial charge in [0, 0.05) is 11.7 Å². The minimum absolute atomic E-state index is 0.148. The number of anilines is 1. The van der Waals surface area contributed by atoms with Gasteiger partial charge in [0.05, 0.1) is 10.5 Å². The fourth-order valence-electron chi connectivity index (χ4n) is 2.45. The number of carbonyl (C=O) groups is 1. The standard InChI is InChI=1S/C13H17NO5S/c15-13(16)11-8-10(20(17,18)19)6-7-12(11)14-9-4-2-1-3-5-9/h6-9,14H,1-5H2,(H,15,16)(H,17,18,19). The van der Waals surface area contributed by atoms with Crippen LogP contribution < -0.4 is 5.32 Å². The van der Waals surface area contributed by atoms with Gasteiger partial charge in [-0.2, -0.15) is 8.42 Å². The molecule has 2 rings (SSSR count). The van der Waals surface area contributed by atoms with E-state index in [-0.39, 0.29) is 11.6 Å². The predicted octanol–water partition coefficient (Wildman–Crippen LogP) is 2.38. The van der Waals surface area contributed by atoms with Crippen LogP contribution in [0.4, 0.5) is 5.69 Å². The zero-order valence-corrected chi connectivity index (χ0v) is 11.7. The molecule has 3 N–H and O–H groups in total. The lowest BCUT2D eigenvalue weighted by atomic mass is 9.95. The zero-order chi connectivity index (χ0) is 14.8. The molecule has 0 atom stereocenters. The van der Waals surface area contributed by atoms with Crippen LogP contribution in [0.15, 0.2) is 23.1 Å². The molecule has 6 nitrogen and oxygen atoms in total. The number of benzene rings is 1. The Morgan fingerprint density at radius 3 is 2.40 bits per heavy atom. The van der Waals surface area contributed by atoms with Crippen molar-refractivity contribution in [2.45, 2.75) is 43.0 Å². The Bertz CT molecular complexity index is 605. The lowest BCUT2D eigenvalue weighted by Gasteiger charge is -2.24. The fraction of sp³-hybridized carbons (Fsp3) is 0.462. The third-order valence-electron chi connectivity index (χ3n) is 3.48. The lowest BCUT2D eigenvalue weighted by Crippen LogP contribution is -2.23. The van der Waals surface area contributed by atoms with Crippen molar-refractivity contribution >= 4 is 21.8 Å². The highest BCUT2D eigenvalue weighted by atomic mass is 32.2. The van der Waals surface area contributed by atoms with E-state index in [0.29, 0.717) is 5.69 Å². The third kappa shape index (κ3) is 3.49. The maximum atomic E-state index is 11.2. The average molecular weight is 299 g/mol. The lowest BCUT2D eigenvalue weighted by molar-refractivity contribution is 0.0697. The van der Waals surface area contributed by atoms with Gasteiger partial charge < -0.3 is 10.4 Å². The van der Waals surface area contributed by atoms with Crippen molar-refractivity contribution in [2.24, 2.45) is 0 Å². The van der Waals surface area contributed by atoms with Gasteiger partial charge in [0.25, 0.3) is 10.1 Å². The van der Waals surface area contributed by atoms with Gasteiger partial charge in [-0.05, 0) is 31.0 Å². The molecule has 0 saturated heterocycles. The maximum Gasteiger partial charge on any atom is 0.337 e. The number of carboxylic acids is 1. The normalized spacial score (nSPS) is 16.9. The molecule has 1 aromatic rings. The van der Waals surface area contributed by atoms with E-state index in [4.69, 9.17) is 9.66 Å². The summed E-state index contributed by atoms with van der Waals surface area (Å²) < 4.78 is 31.1. The molecule has 0 radical (unpaired) electrons. The van der Waals surface area contributed by atoms with Gasteiger partial charge in [0.2, 0.25) is 0 Å². The molecule has 0 spiro atoms. The van der Waals surface area contributed by atoms with Crippen molar-refractivity contribution in [3.05, 3.63) is 23.8 Å². The first-order chi connectivity index (χ1) is 9.38. The number of carboxylic acid groups (broad SMARTS) is 1. The molecule has 0 aliphatic heterocycles. The number of hydrogen-bond acceptors (Lipinski definition) is 4. The van der Waals surface area contributed by atoms with E-state index in [2.05, 4.69) is 5.32 Å². The molecular weight excluding hydrogens is 282 g/mol. The van der Waals surface area contributed by atoms with Crippen LogP contribution in [0.3, 0.4) is 0 Å². The van der Waals surface area contributed by atoms with Crippen molar-refractivity contribution in [3.8, 4) is 0 Å². The van der Waals surface area contributed by atoms with Crippen LogP contribution in [0.25, 0.3) is 0 Å². The summed E-state index contributed by atoms with van der Waals surface area (Å²) in [4.78, 5) is 10.8. The fourth-order valence-corrected chi connectivity index (χ4v) is 2.96. The summed E-state index contributed by atoms with van der Waals surface area (Å²) in [6, 6.07) is 3.77. The number of hydrogen-bond donors (Lipinski definition) is 3. The van der Waals surface area contributed by atoms with E-state index >= 15 is 0 Å². The van der Waals surface area contributed by atoms with E-state index < -0.39 is 21.0 Å². The zero-order valence-electron chi connectivity index (χ0n) is 10.9. The minimum Gasteiger partial charge on any atom is -0.478 e. The Kier molecular flexibility index (Phi) is 4.29. The Hall–Kier alpha value is -1.60. The molecule has 1 aliphatic carbocycles. The summed E-state index contributed by atoms with van der Waals surface area (Å²) in [6.07, 6.45) is 5.33. The number of nitrogens with one attached hydrogen (secondary N) is 1. The van der Waals surface area contributed by atoms with Crippen LogP contribution in [-0.4, -0.2) is 30.1 Å². The van der Waals surface area contributed by atoms with Crippen LogP contribution in [0.5, 0.6) is 0 Å². The van der Waals surface area contributed by atoms with Gasteiger partial charge in [0.1, 0.15) is 0 Å². The smallest absolute Gasteiger partial charge is 0.337 e. The van der Waals surface area contributed by atoms with Crippen molar-refractivity contribution < 1.29 is 22.9 Å². The third-order valence-corrected chi connectivity index (χ3v) is 4.33. The largest absolute Gasteiger partial charge is 0.478 e. The van der Waals surface area contributed by atoms with Crippen LogP contribution in [0.2, 0.25) is 0 Å². The van der Waals surface area contributed by atoms with E-state index in [1.807, 2.05) is 0 Å². The Labute approximate surface area is 117 Å². The number of aromatic carboxylic acids is 1. The highest BCUT2D eigenvalue weighted by Crippen LogP contribution is 2.25. The Morgan fingerprint density at radius 2 is 1.85 bits per heavy atom. The molecule has 0 unspecified atom stereocenters. The molecule has 7 heteroatoms. The van der Waals surface area contributed by atoms with E-state index in [9.17, 15) is 13.2 Å². The number of rotatable bonds is 4. The SMILES string of the molecule is O=C(O)c1cc(S(=O)(=O)O)ccc1NC1CCCCC1. The monoisotopic (exact) mass is 299 g/mol. The van der Waals surface area contributed by atoms with E-state index in [0.717, 1.165) is 31.7 Å². The Balaban J connectivity index is 2.30. The molecular formula is C13H17NO5S. The quantitative estimate of drug-likeness (QED) is 0.737. The first-order valence-electron chi connectivity index (χ1n) is 6.49. The topological polar surface area (TPSA) is 104 Å². The van der Waals surface area contributed by atoms with Gasteiger partial charge in [0.15, 0.2) is 0 Å². The van der Waals surface area contributed by atoms with Crippen molar-refractivity contribution in [2.75, 3.05) is 5.32 Å². The van der Waals surface area contributed by atoms with Gasteiger partial charge in [-0.1, -0.05) is 19.3 Å². The molecule has 1 aromatic carbocycles. The molecule has 110 valence electrons. The predicted molar refractivity (Wildman–Crippen MR) is 73.7 cm³/mol. The molecule has 0 amide bonds. The van der Waals surface area contributed by atoms with Crippen molar-refractivity contribution in [1.82, 2.24) is 0 Å². The molecule has 0 aromatic heterocycles. The molecule has 1 saturated carbocycles. The van der Waals surface area contributed by atoms with Crippen LogP contribution in [0, 0.1) is 0 Å². The van der Waals surface area contributed by atoms with Gasteiger partial charge in [-0.3, -0.25) is 4.55 Å².